The van der Waals surface area contributed by atoms with Gasteiger partial charge in [0, 0.05) is 11.0 Å². The Balaban J connectivity index is 3.41. The lowest BCUT2D eigenvalue weighted by molar-refractivity contribution is 0.139. The molecule has 0 aliphatic heterocycles. The molecule has 1 unspecified atom stereocenters. The smallest absolute Gasteiger partial charge is 0.0756 e. The largest absolute Gasteiger partial charge is 0.391 e. The zero-order chi connectivity index (χ0) is 7.98. The van der Waals surface area contributed by atoms with Gasteiger partial charge in [-0.15, -0.1) is 0 Å². The summed E-state index contributed by atoms with van der Waals surface area (Å²) in [5.74, 6) is 0. The fraction of sp³-hybridized carbons (Fsp3) is 1.00. The van der Waals surface area contributed by atoms with Crippen LogP contribution >= 0.6 is 22.6 Å². The van der Waals surface area contributed by atoms with Crippen LogP contribution in [-0.4, -0.2) is 40.2 Å². The fourth-order valence-electron chi connectivity index (χ4n) is 0.829. The zero-order valence-corrected chi connectivity index (χ0v) is 8.84. The number of hydrogen-bond donors (Lipinski definition) is 1. The highest BCUT2D eigenvalue weighted by Crippen LogP contribution is 1.95. The Hall–Kier alpha value is 0.650. The molecule has 0 aromatic heterocycles. The van der Waals surface area contributed by atoms with Gasteiger partial charge in [0.1, 0.15) is 0 Å². The van der Waals surface area contributed by atoms with E-state index in [2.05, 4.69) is 41.3 Å². The quantitative estimate of drug-likeness (QED) is 0.589. The van der Waals surface area contributed by atoms with E-state index in [1.54, 1.807) is 0 Å². The van der Waals surface area contributed by atoms with Crippen LogP contribution in [0.5, 0.6) is 0 Å². The van der Waals surface area contributed by atoms with Gasteiger partial charge in [-0.2, -0.15) is 0 Å². The summed E-state index contributed by atoms with van der Waals surface area (Å²) in [5.41, 5.74) is 0. The second-order valence-corrected chi connectivity index (χ2v) is 3.17. The average molecular weight is 257 g/mol. The first-order valence-electron chi connectivity index (χ1n) is 3.70. The number of nitrogens with zero attached hydrogens (tertiary/aromatic N) is 1. The van der Waals surface area contributed by atoms with Gasteiger partial charge in [0.15, 0.2) is 0 Å². The zero-order valence-electron chi connectivity index (χ0n) is 6.68. The van der Waals surface area contributed by atoms with Crippen molar-refractivity contribution in [1.82, 2.24) is 4.90 Å². The Labute approximate surface area is 76.7 Å². The average Bonchev–Trinajstić information content (AvgIpc) is 1.99. The highest BCUT2D eigenvalue weighted by atomic mass is 127. The van der Waals surface area contributed by atoms with Gasteiger partial charge in [-0.25, -0.2) is 0 Å². The Bertz CT molecular complexity index is 76.0. The third-order valence-electron chi connectivity index (χ3n) is 1.54. The normalized spacial score (nSPS) is 14.1. The maximum Gasteiger partial charge on any atom is 0.0756 e. The van der Waals surface area contributed by atoms with E-state index in [1.807, 2.05) is 0 Å². The number of hydrogen-bond acceptors (Lipinski definition) is 2. The molecule has 3 heteroatoms. The Morgan fingerprint density at radius 2 is 1.90 bits per heavy atom. The molecule has 1 atom stereocenters. The second-order valence-electron chi connectivity index (χ2n) is 2.29. The van der Waals surface area contributed by atoms with Crippen LogP contribution in [0.25, 0.3) is 0 Å². The van der Waals surface area contributed by atoms with Crippen molar-refractivity contribution in [1.29, 1.82) is 0 Å². The van der Waals surface area contributed by atoms with E-state index in [9.17, 15) is 5.11 Å². The summed E-state index contributed by atoms with van der Waals surface area (Å²) in [6.45, 7) is 7.11. The number of likely N-dealkylation sites (N-methyl/N-ethyl adjacent to an activating group) is 1. The number of alkyl halides is 1. The first-order chi connectivity index (χ1) is 4.74. The Kier molecular flexibility index (Phi) is 6.78. The molecule has 0 aliphatic rings. The molecular formula is C7H16INO. The fourth-order valence-corrected chi connectivity index (χ4v) is 1.11. The van der Waals surface area contributed by atoms with E-state index in [4.69, 9.17) is 0 Å². The molecule has 0 aromatic rings. The molecule has 1 N–H and O–H groups in total. The van der Waals surface area contributed by atoms with E-state index >= 15 is 0 Å². The molecule has 2 nitrogen and oxygen atoms in total. The monoisotopic (exact) mass is 257 g/mol. The van der Waals surface area contributed by atoms with Crippen molar-refractivity contribution in [2.75, 3.05) is 24.1 Å². The van der Waals surface area contributed by atoms with Crippen LogP contribution in [0.2, 0.25) is 0 Å². The molecule has 0 saturated carbocycles. The molecule has 0 amide bonds. The lowest BCUT2D eigenvalue weighted by Gasteiger charge is -2.20. The van der Waals surface area contributed by atoms with Crippen LogP contribution in [0.4, 0.5) is 0 Å². The molecule has 0 spiro atoms. The van der Waals surface area contributed by atoms with Crippen molar-refractivity contribution in [2.45, 2.75) is 20.0 Å². The maximum atomic E-state index is 9.24. The minimum atomic E-state index is -0.152. The van der Waals surface area contributed by atoms with Gasteiger partial charge in [-0.3, -0.25) is 0 Å². The first-order valence-corrected chi connectivity index (χ1v) is 5.23. The van der Waals surface area contributed by atoms with Crippen LogP contribution < -0.4 is 0 Å². The molecule has 0 heterocycles. The molecular weight excluding hydrogens is 241 g/mol. The molecule has 10 heavy (non-hydrogen) atoms. The summed E-state index contributed by atoms with van der Waals surface area (Å²) in [7, 11) is 0. The van der Waals surface area contributed by atoms with Gasteiger partial charge in [-0.1, -0.05) is 36.4 Å². The summed E-state index contributed by atoms with van der Waals surface area (Å²) in [4.78, 5) is 2.23. The van der Waals surface area contributed by atoms with Crippen LogP contribution in [0.3, 0.4) is 0 Å². The van der Waals surface area contributed by atoms with Crippen molar-refractivity contribution < 1.29 is 5.11 Å². The lowest BCUT2D eigenvalue weighted by Crippen LogP contribution is -2.32. The molecule has 0 aromatic carbocycles. The summed E-state index contributed by atoms with van der Waals surface area (Å²) >= 11 is 2.20. The SMILES string of the molecule is CCN(CC)CC(O)CI. The predicted molar refractivity (Wildman–Crippen MR) is 52.7 cm³/mol. The molecule has 0 bridgehead atoms. The number of aliphatic hydroxyl groups is 1. The van der Waals surface area contributed by atoms with E-state index in [-0.39, 0.29) is 6.10 Å². The molecule has 0 fully saturated rings. The molecule has 0 aliphatic carbocycles. The van der Waals surface area contributed by atoms with E-state index in [1.165, 1.54) is 0 Å². The summed E-state index contributed by atoms with van der Waals surface area (Å²) < 4.78 is 0.828. The Morgan fingerprint density at radius 3 is 2.20 bits per heavy atom. The predicted octanol–water partition coefficient (Wildman–Crippen LogP) is 1.12. The van der Waals surface area contributed by atoms with Crippen LogP contribution in [0, 0.1) is 0 Å². The minimum absolute atomic E-state index is 0.152. The summed E-state index contributed by atoms with van der Waals surface area (Å²) in [5, 5.41) is 9.24. The van der Waals surface area contributed by atoms with Crippen LogP contribution in [-0.2, 0) is 0 Å². The third-order valence-corrected chi connectivity index (χ3v) is 2.56. The first kappa shape index (κ1) is 10.7. The standard InChI is InChI=1S/C7H16INO/c1-3-9(4-2)6-7(10)5-8/h7,10H,3-6H2,1-2H3. The van der Waals surface area contributed by atoms with Crippen molar-refractivity contribution in [2.24, 2.45) is 0 Å². The van der Waals surface area contributed by atoms with Gasteiger partial charge in [0.25, 0.3) is 0 Å². The number of aliphatic hydroxyl groups excluding tert-OH is 1. The van der Waals surface area contributed by atoms with Gasteiger partial charge >= 0.3 is 0 Å². The molecule has 62 valence electrons. The topological polar surface area (TPSA) is 23.5 Å². The Morgan fingerprint density at radius 1 is 1.40 bits per heavy atom. The second kappa shape index (κ2) is 6.37. The molecule has 0 rings (SSSR count). The maximum absolute atomic E-state index is 9.24. The molecule has 0 radical (unpaired) electrons. The van der Waals surface area contributed by atoms with Gasteiger partial charge in [0.2, 0.25) is 0 Å². The summed E-state index contributed by atoms with van der Waals surface area (Å²) in [6.07, 6.45) is -0.152. The van der Waals surface area contributed by atoms with E-state index in [0.29, 0.717) is 0 Å². The molecule has 0 saturated heterocycles. The van der Waals surface area contributed by atoms with Crippen LogP contribution in [0.15, 0.2) is 0 Å². The van der Waals surface area contributed by atoms with E-state index < -0.39 is 0 Å². The lowest BCUT2D eigenvalue weighted by atomic mass is 10.3. The summed E-state index contributed by atoms with van der Waals surface area (Å²) in [6, 6.07) is 0. The van der Waals surface area contributed by atoms with Gasteiger partial charge < -0.3 is 10.0 Å². The number of rotatable bonds is 5. The minimum Gasteiger partial charge on any atom is -0.391 e. The van der Waals surface area contributed by atoms with E-state index in [0.717, 1.165) is 24.1 Å². The van der Waals surface area contributed by atoms with Crippen LogP contribution in [0.1, 0.15) is 13.8 Å². The van der Waals surface area contributed by atoms with Crippen molar-refractivity contribution in [3.63, 3.8) is 0 Å². The highest BCUT2D eigenvalue weighted by molar-refractivity contribution is 14.1. The highest BCUT2D eigenvalue weighted by Gasteiger charge is 2.05. The number of halogens is 1. The van der Waals surface area contributed by atoms with Crippen molar-refractivity contribution >= 4 is 22.6 Å². The van der Waals surface area contributed by atoms with Crippen molar-refractivity contribution in [3.05, 3.63) is 0 Å². The van der Waals surface area contributed by atoms with Crippen molar-refractivity contribution in [3.8, 4) is 0 Å². The third kappa shape index (κ3) is 4.46. The van der Waals surface area contributed by atoms with Gasteiger partial charge in [0.05, 0.1) is 6.10 Å². The van der Waals surface area contributed by atoms with Gasteiger partial charge in [-0.05, 0) is 13.1 Å².